The number of carbonyl (C=O) groups is 1. The van der Waals surface area contributed by atoms with Crippen LogP contribution in [-0.2, 0) is 0 Å². The average Bonchev–Trinajstić information content (AvgIpc) is 2.81. The van der Waals surface area contributed by atoms with Gasteiger partial charge in [0.05, 0.1) is 23.7 Å². The fourth-order valence-electron chi connectivity index (χ4n) is 2.26. The maximum Gasteiger partial charge on any atom is 0.333 e. The molecular formula is C15H13N3O3. The van der Waals surface area contributed by atoms with Crippen LogP contribution >= 0.6 is 0 Å². The monoisotopic (exact) mass is 283 g/mol. The number of benzene rings is 2. The molecule has 0 saturated heterocycles. The number of imidazole rings is 1. The summed E-state index contributed by atoms with van der Waals surface area (Å²) in [4.78, 5) is 27.4. The SMILES string of the molecule is COc1ccccc1C(=O)n1c(=O)[nH]c2ccc(N)cc21. The molecule has 3 N–H and O–H groups in total. The Morgan fingerprint density at radius 2 is 2.00 bits per heavy atom. The number of carbonyl (C=O) groups excluding carboxylic acids is 1. The first-order valence-corrected chi connectivity index (χ1v) is 6.30. The van der Waals surface area contributed by atoms with E-state index in [0.29, 0.717) is 28.0 Å². The van der Waals surface area contributed by atoms with E-state index in [9.17, 15) is 9.59 Å². The number of rotatable bonds is 2. The average molecular weight is 283 g/mol. The first kappa shape index (κ1) is 13.0. The lowest BCUT2D eigenvalue weighted by molar-refractivity contribution is 0.0958. The molecule has 0 aliphatic rings. The number of aromatic amines is 1. The highest BCUT2D eigenvalue weighted by molar-refractivity contribution is 6.03. The molecule has 0 fully saturated rings. The van der Waals surface area contributed by atoms with Gasteiger partial charge in [-0.3, -0.25) is 4.79 Å². The van der Waals surface area contributed by atoms with Crippen LogP contribution in [0, 0.1) is 0 Å². The number of para-hydroxylation sites is 1. The molecule has 1 heterocycles. The maximum absolute atomic E-state index is 12.7. The molecule has 0 spiro atoms. The van der Waals surface area contributed by atoms with E-state index >= 15 is 0 Å². The van der Waals surface area contributed by atoms with Crippen LogP contribution in [0.2, 0.25) is 0 Å². The van der Waals surface area contributed by atoms with Crippen LogP contribution in [0.15, 0.2) is 47.3 Å². The van der Waals surface area contributed by atoms with Gasteiger partial charge < -0.3 is 15.5 Å². The Morgan fingerprint density at radius 1 is 1.24 bits per heavy atom. The van der Waals surface area contributed by atoms with Crippen LogP contribution < -0.4 is 16.2 Å². The minimum Gasteiger partial charge on any atom is -0.496 e. The van der Waals surface area contributed by atoms with Gasteiger partial charge in [-0.15, -0.1) is 0 Å². The summed E-state index contributed by atoms with van der Waals surface area (Å²) in [5.74, 6) is -0.0537. The summed E-state index contributed by atoms with van der Waals surface area (Å²) in [6, 6.07) is 11.7. The molecule has 0 radical (unpaired) electrons. The minimum absolute atomic E-state index is 0.311. The number of nitrogens with two attached hydrogens (primary N) is 1. The lowest BCUT2D eigenvalue weighted by atomic mass is 10.2. The second-order valence-corrected chi connectivity index (χ2v) is 4.55. The number of fused-ring (bicyclic) bond motifs is 1. The number of nitrogens with zero attached hydrogens (tertiary/aromatic N) is 1. The lowest BCUT2D eigenvalue weighted by Crippen LogP contribution is -2.25. The van der Waals surface area contributed by atoms with Crippen molar-refractivity contribution in [3.8, 4) is 5.75 Å². The molecular weight excluding hydrogens is 270 g/mol. The van der Waals surface area contributed by atoms with Gasteiger partial charge in [-0.05, 0) is 30.3 Å². The van der Waals surface area contributed by atoms with Gasteiger partial charge in [-0.2, -0.15) is 0 Å². The number of anilines is 1. The molecule has 0 aliphatic heterocycles. The zero-order chi connectivity index (χ0) is 15.0. The first-order chi connectivity index (χ1) is 10.1. The van der Waals surface area contributed by atoms with Crippen LogP contribution in [0.25, 0.3) is 11.0 Å². The van der Waals surface area contributed by atoms with E-state index < -0.39 is 11.6 Å². The smallest absolute Gasteiger partial charge is 0.333 e. The van der Waals surface area contributed by atoms with Crippen molar-refractivity contribution in [3.05, 3.63) is 58.5 Å². The number of aromatic nitrogens is 2. The van der Waals surface area contributed by atoms with Crippen LogP contribution in [0.4, 0.5) is 5.69 Å². The molecule has 3 rings (SSSR count). The van der Waals surface area contributed by atoms with E-state index in [2.05, 4.69) is 4.98 Å². The van der Waals surface area contributed by atoms with E-state index in [1.54, 1.807) is 42.5 Å². The zero-order valence-corrected chi connectivity index (χ0v) is 11.3. The zero-order valence-electron chi connectivity index (χ0n) is 11.3. The van der Waals surface area contributed by atoms with Gasteiger partial charge in [-0.25, -0.2) is 9.36 Å². The second-order valence-electron chi connectivity index (χ2n) is 4.55. The van der Waals surface area contributed by atoms with Gasteiger partial charge in [-0.1, -0.05) is 12.1 Å². The maximum atomic E-state index is 12.7. The van der Waals surface area contributed by atoms with Crippen LogP contribution in [0.3, 0.4) is 0 Å². The third-order valence-corrected chi connectivity index (χ3v) is 3.25. The summed E-state index contributed by atoms with van der Waals surface area (Å²) >= 11 is 0. The summed E-state index contributed by atoms with van der Waals surface area (Å²) in [5.41, 5.74) is 7.00. The molecule has 2 aromatic carbocycles. The van der Waals surface area contributed by atoms with E-state index in [0.717, 1.165) is 4.57 Å². The van der Waals surface area contributed by atoms with Crippen molar-refractivity contribution in [2.75, 3.05) is 12.8 Å². The summed E-state index contributed by atoms with van der Waals surface area (Å²) in [6.45, 7) is 0. The Hall–Kier alpha value is -3.02. The van der Waals surface area contributed by atoms with E-state index in [1.165, 1.54) is 7.11 Å². The van der Waals surface area contributed by atoms with Crippen LogP contribution in [-0.4, -0.2) is 22.6 Å². The largest absolute Gasteiger partial charge is 0.496 e. The third-order valence-electron chi connectivity index (χ3n) is 3.25. The van der Waals surface area contributed by atoms with Crippen molar-refractivity contribution >= 4 is 22.6 Å². The Bertz CT molecular complexity index is 893. The molecule has 0 amide bonds. The van der Waals surface area contributed by atoms with Crippen molar-refractivity contribution in [1.82, 2.24) is 9.55 Å². The van der Waals surface area contributed by atoms with Crippen molar-refractivity contribution < 1.29 is 9.53 Å². The molecule has 21 heavy (non-hydrogen) atoms. The molecule has 1 aromatic heterocycles. The van der Waals surface area contributed by atoms with E-state index in [4.69, 9.17) is 10.5 Å². The summed E-state index contributed by atoms with van der Waals surface area (Å²) in [5, 5.41) is 0. The normalized spacial score (nSPS) is 10.7. The van der Waals surface area contributed by atoms with E-state index in [1.807, 2.05) is 0 Å². The highest BCUT2D eigenvalue weighted by atomic mass is 16.5. The van der Waals surface area contributed by atoms with Gasteiger partial charge in [0.15, 0.2) is 0 Å². The molecule has 0 aliphatic carbocycles. The van der Waals surface area contributed by atoms with Crippen molar-refractivity contribution in [3.63, 3.8) is 0 Å². The molecule has 0 bridgehead atoms. The number of nitrogens with one attached hydrogen (secondary N) is 1. The quantitative estimate of drug-likeness (QED) is 0.699. The summed E-state index contributed by atoms with van der Waals surface area (Å²) < 4.78 is 6.23. The molecule has 0 saturated carbocycles. The van der Waals surface area contributed by atoms with Crippen LogP contribution in [0.5, 0.6) is 5.75 Å². The third kappa shape index (κ3) is 2.06. The lowest BCUT2D eigenvalue weighted by Gasteiger charge is -2.07. The topological polar surface area (TPSA) is 90.1 Å². The van der Waals surface area contributed by atoms with Crippen molar-refractivity contribution in [1.29, 1.82) is 0 Å². The fraction of sp³-hybridized carbons (Fsp3) is 0.0667. The van der Waals surface area contributed by atoms with E-state index in [-0.39, 0.29) is 0 Å². The Labute approximate surface area is 119 Å². The summed E-state index contributed by atoms with van der Waals surface area (Å²) in [6.07, 6.45) is 0. The number of nitrogen functional groups attached to an aromatic ring is 1. The Balaban J connectivity index is 2.25. The molecule has 106 valence electrons. The standard InChI is InChI=1S/C15H13N3O3/c1-21-13-5-3-2-4-10(13)14(19)18-12-8-9(16)6-7-11(12)17-15(18)20/h2-8H,16H2,1H3,(H,17,20). The summed E-state index contributed by atoms with van der Waals surface area (Å²) in [7, 11) is 1.47. The van der Waals surface area contributed by atoms with Gasteiger partial charge in [0.25, 0.3) is 5.91 Å². The van der Waals surface area contributed by atoms with Gasteiger partial charge in [0.2, 0.25) is 0 Å². The molecule has 0 atom stereocenters. The number of hydrogen-bond donors (Lipinski definition) is 2. The molecule has 3 aromatic rings. The van der Waals surface area contributed by atoms with Gasteiger partial charge >= 0.3 is 5.69 Å². The highest BCUT2D eigenvalue weighted by Crippen LogP contribution is 2.21. The number of H-pyrrole nitrogens is 1. The molecule has 6 nitrogen and oxygen atoms in total. The van der Waals surface area contributed by atoms with Gasteiger partial charge in [0.1, 0.15) is 5.75 Å². The Morgan fingerprint density at radius 3 is 2.76 bits per heavy atom. The van der Waals surface area contributed by atoms with Crippen LogP contribution in [0.1, 0.15) is 10.4 Å². The number of hydrogen-bond acceptors (Lipinski definition) is 4. The number of methoxy groups -OCH3 is 1. The van der Waals surface area contributed by atoms with Crippen molar-refractivity contribution in [2.24, 2.45) is 0 Å². The predicted molar refractivity (Wildman–Crippen MR) is 79.7 cm³/mol. The fourth-order valence-corrected chi connectivity index (χ4v) is 2.26. The minimum atomic E-state index is -0.508. The molecule has 0 unspecified atom stereocenters. The first-order valence-electron chi connectivity index (χ1n) is 6.30. The second kappa shape index (κ2) is 4.82. The highest BCUT2D eigenvalue weighted by Gasteiger charge is 2.19. The Kier molecular flexibility index (Phi) is 2.98. The molecule has 6 heteroatoms. The van der Waals surface area contributed by atoms with Gasteiger partial charge in [0, 0.05) is 5.69 Å². The predicted octanol–water partition coefficient (Wildman–Crippen LogP) is 1.61. The number of ether oxygens (including phenoxy) is 1. The van der Waals surface area contributed by atoms with Crippen molar-refractivity contribution in [2.45, 2.75) is 0 Å².